The van der Waals surface area contributed by atoms with Gasteiger partial charge in [0.05, 0.1) is 5.71 Å². The second-order valence-corrected chi connectivity index (χ2v) is 4.57. The van der Waals surface area contributed by atoms with Gasteiger partial charge in [-0.05, 0) is 37.3 Å². The molecular formula is C14H15ClFN3. The van der Waals surface area contributed by atoms with E-state index in [1.54, 1.807) is 12.1 Å². The van der Waals surface area contributed by atoms with Crippen LogP contribution in [0.1, 0.15) is 24.3 Å². The molecule has 5 heteroatoms. The second kappa shape index (κ2) is 5.97. The van der Waals surface area contributed by atoms with Crippen LogP contribution in [0, 0.1) is 5.82 Å². The third-order valence-electron chi connectivity index (χ3n) is 3.30. The quantitative estimate of drug-likeness (QED) is 0.515. The molecule has 0 aromatic heterocycles. The molecule has 1 saturated carbocycles. The highest BCUT2D eigenvalue weighted by Crippen LogP contribution is 2.37. The van der Waals surface area contributed by atoms with E-state index in [0.717, 1.165) is 29.7 Å². The standard InChI is InChI=1S/C14H15ClFN3/c1-18-14(17)12-7-6-11(13(12)19-8-15)9-2-4-10(16)5-3-9/h2-5,11H,1,6-8,17H2/b14-12-,19-13-. The highest BCUT2D eigenvalue weighted by Gasteiger charge is 2.30. The van der Waals surface area contributed by atoms with Crippen LogP contribution in [-0.2, 0) is 0 Å². The van der Waals surface area contributed by atoms with Crippen molar-refractivity contribution >= 4 is 24.0 Å². The van der Waals surface area contributed by atoms with Crippen molar-refractivity contribution in [1.82, 2.24) is 0 Å². The summed E-state index contributed by atoms with van der Waals surface area (Å²) in [5, 5.41) is 0. The van der Waals surface area contributed by atoms with Gasteiger partial charge in [-0.15, -0.1) is 11.6 Å². The van der Waals surface area contributed by atoms with E-state index in [2.05, 4.69) is 16.7 Å². The van der Waals surface area contributed by atoms with Crippen molar-refractivity contribution in [3.05, 3.63) is 47.0 Å². The fourth-order valence-electron chi connectivity index (χ4n) is 2.41. The van der Waals surface area contributed by atoms with Crippen LogP contribution in [0.2, 0.25) is 0 Å². The lowest BCUT2D eigenvalue weighted by Crippen LogP contribution is -2.11. The number of alkyl halides is 1. The maximum atomic E-state index is 13.0. The minimum absolute atomic E-state index is 0.0923. The molecule has 0 saturated heterocycles. The summed E-state index contributed by atoms with van der Waals surface area (Å²) >= 11 is 5.72. The zero-order valence-electron chi connectivity index (χ0n) is 10.4. The molecule has 19 heavy (non-hydrogen) atoms. The van der Waals surface area contributed by atoms with Gasteiger partial charge in [0.25, 0.3) is 0 Å². The lowest BCUT2D eigenvalue weighted by Gasteiger charge is -2.12. The first-order chi connectivity index (χ1) is 9.17. The van der Waals surface area contributed by atoms with Crippen molar-refractivity contribution in [3.63, 3.8) is 0 Å². The van der Waals surface area contributed by atoms with Crippen molar-refractivity contribution in [2.75, 3.05) is 6.00 Å². The van der Waals surface area contributed by atoms with Crippen LogP contribution < -0.4 is 5.73 Å². The Hall–Kier alpha value is -1.68. The summed E-state index contributed by atoms with van der Waals surface area (Å²) in [6, 6.07) is 6.60. The predicted molar refractivity (Wildman–Crippen MR) is 77.3 cm³/mol. The SMILES string of the molecule is C=N/C(N)=C1/CCC(c2ccc(F)cc2)/C1=N/CCl. The molecule has 0 radical (unpaired) electrons. The summed E-state index contributed by atoms with van der Waals surface area (Å²) in [4.78, 5) is 8.09. The van der Waals surface area contributed by atoms with E-state index in [1.807, 2.05) is 0 Å². The number of allylic oxidation sites excluding steroid dienone is 1. The Balaban J connectivity index is 2.40. The molecule has 1 aromatic rings. The summed E-state index contributed by atoms with van der Waals surface area (Å²) in [5.74, 6) is 0.240. The van der Waals surface area contributed by atoms with Gasteiger partial charge in [-0.25, -0.2) is 9.38 Å². The van der Waals surface area contributed by atoms with Gasteiger partial charge < -0.3 is 5.73 Å². The Morgan fingerprint density at radius 3 is 2.68 bits per heavy atom. The normalized spacial score (nSPS) is 23.7. The van der Waals surface area contributed by atoms with Crippen LogP contribution in [0.25, 0.3) is 0 Å². The van der Waals surface area contributed by atoms with E-state index in [1.165, 1.54) is 12.1 Å². The van der Waals surface area contributed by atoms with Crippen LogP contribution in [0.5, 0.6) is 0 Å². The number of halogens is 2. The molecule has 1 fully saturated rings. The minimum Gasteiger partial charge on any atom is -0.383 e. The molecule has 1 aliphatic carbocycles. The number of hydrogen-bond acceptors (Lipinski definition) is 3. The van der Waals surface area contributed by atoms with Crippen LogP contribution in [0.4, 0.5) is 4.39 Å². The fourth-order valence-corrected chi connectivity index (χ4v) is 2.54. The molecule has 0 amide bonds. The summed E-state index contributed by atoms with van der Waals surface area (Å²) in [5.41, 5.74) is 8.57. The van der Waals surface area contributed by atoms with E-state index in [-0.39, 0.29) is 17.7 Å². The highest BCUT2D eigenvalue weighted by atomic mass is 35.5. The number of nitrogens with zero attached hydrogens (tertiary/aromatic N) is 2. The maximum absolute atomic E-state index is 13.0. The molecular weight excluding hydrogens is 265 g/mol. The van der Waals surface area contributed by atoms with E-state index in [0.29, 0.717) is 5.82 Å². The van der Waals surface area contributed by atoms with Crippen molar-refractivity contribution in [3.8, 4) is 0 Å². The van der Waals surface area contributed by atoms with E-state index in [9.17, 15) is 4.39 Å². The molecule has 0 aliphatic heterocycles. The van der Waals surface area contributed by atoms with Crippen LogP contribution in [-0.4, -0.2) is 18.4 Å². The van der Waals surface area contributed by atoms with Gasteiger partial charge in [-0.3, -0.25) is 4.99 Å². The van der Waals surface area contributed by atoms with Gasteiger partial charge in [0, 0.05) is 11.5 Å². The largest absolute Gasteiger partial charge is 0.383 e. The smallest absolute Gasteiger partial charge is 0.127 e. The summed E-state index contributed by atoms with van der Waals surface area (Å²) in [6.07, 6.45) is 1.65. The Kier molecular flexibility index (Phi) is 4.32. The van der Waals surface area contributed by atoms with Crippen LogP contribution in [0.3, 0.4) is 0 Å². The first kappa shape index (κ1) is 13.7. The molecule has 2 rings (SSSR count). The predicted octanol–water partition coefficient (Wildman–Crippen LogP) is 3.21. The van der Waals surface area contributed by atoms with Gasteiger partial charge in [-0.2, -0.15) is 0 Å². The third-order valence-corrected chi connectivity index (χ3v) is 3.42. The Morgan fingerprint density at radius 1 is 1.42 bits per heavy atom. The van der Waals surface area contributed by atoms with Crippen molar-refractivity contribution in [2.24, 2.45) is 15.7 Å². The molecule has 1 atom stereocenters. The van der Waals surface area contributed by atoms with Gasteiger partial charge in [0.1, 0.15) is 17.6 Å². The number of hydrogen-bond donors (Lipinski definition) is 1. The van der Waals surface area contributed by atoms with Gasteiger partial charge in [0.2, 0.25) is 0 Å². The minimum atomic E-state index is -0.249. The second-order valence-electron chi connectivity index (χ2n) is 4.33. The average Bonchev–Trinajstić information content (AvgIpc) is 2.83. The lowest BCUT2D eigenvalue weighted by molar-refractivity contribution is 0.626. The topological polar surface area (TPSA) is 50.7 Å². The number of aliphatic imine (C=N–C) groups is 2. The Bertz CT molecular complexity index is 534. The van der Waals surface area contributed by atoms with Crippen LogP contribution in [0.15, 0.2) is 45.6 Å². The molecule has 1 aromatic carbocycles. The van der Waals surface area contributed by atoms with Crippen molar-refractivity contribution in [2.45, 2.75) is 18.8 Å². The molecule has 1 unspecified atom stereocenters. The molecule has 0 heterocycles. The number of benzene rings is 1. The van der Waals surface area contributed by atoms with Gasteiger partial charge >= 0.3 is 0 Å². The van der Waals surface area contributed by atoms with E-state index in [4.69, 9.17) is 17.3 Å². The van der Waals surface area contributed by atoms with Gasteiger partial charge in [0.15, 0.2) is 0 Å². The Labute approximate surface area is 116 Å². The Morgan fingerprint density at radius 2 is 2.11 bits per heavy atom. The van der Waals surface area contributed by atoms with Gasteiger partial charge in [-0.1, -0.05) is 12.1 Å². The molecule has 1 aliphatic rings. The van der Waals surface area contributed by atoms with Crippen molar-refractivity contribution < 1.29 is 4.39 Å². The fraction of sp³-hybridized carbons (Fsp3) is 0.286. The summed E-state index contributed by atoms with van der Waals surface area (Å²) in [7, 11) is 0. The average molecular weight is 280 g/mol. The summed E-state index contributed by atoms with van der Waals surface area (Å²) < 4.78 is 13.0. The zero-order chi connectivity index (χ0) is 13.8. The summed E-state index contributed by atoms with van der Waals surface area (Å²) in [6.45, 7) is 3.44. The molecule has 100 valence electrons. The lowest BCUT2D eigenvalue weighted by atomic mass is 9.95. The molecule has 2 N–H and O–H groups in total. The molecule has 3 nitrogen and oxygen atoms in total. The molecule has 0 bridgehead atoms. The van der Waals surface area contributed by atoms with E-state index < -0.39 is 0 Å². The molecule has 0 spiro atoms. The van der Waals surface area contributed by atoms with Crippen LogP contribution >= 0.6 is 11.6 Å². The van der Waals surface area contributed by atoms with Crippen molar-refractivity contribution in [1.29, 1.82) is 0 Å². The number of nitrogens with two attached hydrogens (primary N) is 1. The maximum Gasteiger partial charge on any atom is 0.127 e. The first-order valence-corrected chi connectivity index (χ1v) is 6.52. The van der Waals surface area contributed by atoms with E-state index >= 15 is 0 Å². The monoisotopic (exact) mass is 279 g/mol. The number of rotatable bonds is 3. The first-order valence-electron chi connectivity index (χ1n) is 5.99. The third kappa shape index (κ3) is 2.84. The zero-order valence-corrected chi connectivity index (χ0v) is 11.2. The highest BCUT2D eigenvalue weighted by molar-refractivity contribution is 6.19.